The van der Waals surface area contributed by atoms with E-state index in [0.29, 0.717) is 0 Å². The van der Waals surface area contributed by atoms with E-state index in [0.717, 1.165) is 156 Å². The number of benzene rings is 14. The number of hydrogen-bond donors (Lipinski definition) is 0. The van der Waals surface area contributed by atoms with Crippen LogP contribution in [0.3, 0.4) is 0 Å². The first-order chi connectivity index (χ1) is 44.1. The van der Waals surface area contributed by atoms with Crippen LogP contribution in [0.1, 0.15) is 22.3 Å². The predicted octanol–water partition coefficient (Wildman–Crippen LogP) is 23.4. The van der Waals surface area contributed by atoms with Gasteiger partial charge in [0.1, 0.15) is 22.3 Å². The highest BCUT2D eigenvalue weighted by atomic mass is 16.3. The lowest BCUT2D eigenvalue weighted by Crippen LogP contribution is -2.42. The molecule has 89 heavy (non-hydrogen) atoms. The molecule has 0 atom stereocenters. The standard InChI is InChI=1S/C85H54N2O2/c1-5-19-55(20-6-1)59-35-43-65(44-36-59)86-77-47-39-61(57-23-9-3-10-24-57)51-73(77)85(74-52-62(40-48-78(74)86)58-25-11-4-12-26-58)75-53-63(67-29-17-31-71-69-27-13-15-33-81(69)88-83(67)71)41-49-79(75)87(66-45-37-60(38-46-66)56-21-7-2-8-22-56)80-50-42-64(54-76(80)85)68-30-18-32-72-70-28-14-16-34-82(70)89-84(68)72/h1-54H. The van der Waals surface area contributed by atoms with Crippen molar-refractivity contribution >= 4 is 78.0 Å². The first-order valence-electron chi connectivity index (χ1n) is 30.5. The molecule has 2 aromatic heterocycles. The second-order valence-corrected chi connectivity index (χ2v) is 23.5. The Labute approximate surface area is 515 Å². The van der Waals surface area contributed by atoms with Gasteiger partial charge in [-0.3, -0.25) is 0 Å². The predicted molar refractivity (Wildman–Crippen MR) is 368 cm³/mol. The molecule has 416 valence electrons. The van der Waals surface area contributed by atoms with Crippen LogP contribution in [-0.2, 0) is 5.41 Å². The normalized spacial score (nSPS) is 13.0. The molecular formula is C85H54N2O2. The number of rotatable bonds is 8. The van der Waals surface area contributed by atoms with Crippen LogP contribution >= 0.6 is 0 Å². The summed E-state index contributed by atoms with van der Waals surface area (Å²) in [6, 6.07) is 120. The molecule has 1 spiro atoms. The first-order valence-corrected chi connectivity index (χ1v) is 30.5. The summed E-state index contributed by atoms with van der Waals surface area (Å²) in [7, 11) is 0. The molecule has 0 aliphatic carbocycles. The van der Waals surface area contributed by atoms with Crippen LogP contribution in [0.4, 0.5) is 34.1 Å². The molecule has 4 heterocycles. The molecule has 0 radical (unpaired) electrons. The monoisotopic (exact) mass is 1130 g/mol. The zero-order chi connectivity index (χ0) is 58.6. The molecule has 0 fully saturated rings. The minimum absolute atomic E-state index is 0.862. The highest BCUT2D eigenvalue weighted by Gasteiger charge is 2.53. The summed E-state index contributed by atoms with van der Waals surface area (Å²) >= 11 is 0. The summed E-state index contributed by atoms with van der Waals surface area (Å²) in [5.41, 5.74) is 26.8. The van der Waals surface area contributed by atoms with Crippen molar-refractivity contribution in [2.45, 2.75) is 5.41 Å². The van der Waals surface area contributed by atoms with Crippen LogP contribution in [0.15, 0.2) is 336 Å². The second-order valence-electron chi connectivity index (χ2n) is 23.5. The van der Waals surface area contributed by atoms with Crippen molar-refractivity contribution in [2.24, 2.45) is 0 Å². The van der Waals surface area contributed by atoms with Crippen molar-refractivity contribution in [3.8, 4) is 66.8 Å². The molecule has 2 aliphatic heterocycles. The highest BCUT2D eigenvalue weighted by molar-refractivity contribution is 6.12. The van der Waals surface area contributed by atoms with Crippen LogP contribution in [-0.4, -0.2) is 0 Å². The van der Waals surface area contributed by atoms with Crippen LogP contribution < -0.4 is 9.80 Å². The molecule has 0 saturated carbocycles. The number of furan rings is 2. The zero-order valence-electron chi connectivity index (χ0n) is 48.4. The van der Waals surface area contributed by atoms with Crippen molar-refractivity contribution in [1.29, 1.82) is 0 Å². The molecule has 18 rings (SSSR count). The van der Waals surface area contributed by atoms with Crippen molar-refractivity contribution in [3.63, 3.8) is 0 Å². The van der Waals surface area contributed by atoms with Gasteiger partial charge in [0.25, 0.3) is 0 Å². The summed E-state index contributed by atoms with van der Waals surface area (Å²) in [6.07, 6.45) is 0. The van der Waals surface area contributed by atoms with E-state index >= 15 is 0 Å². The van der Waals surface area contributed by atoms with E-state index in [1.807, 2.05) is 0 Å². The third kappa shape index (κ3) is 7.94. The van der Waals surface area contributed by atoms with E-state index in [1.165, 1.54) is 11.1 Å². The van der Waals surface area contributed by atoms with Gasteiger partial charge in [-0.05, 0) is 163 Å². The maximum atomic E-state index is 6.95. The molecule has 4 nitrogen and oxygen atoms in total. The summed E-state index contributed by atoms with van der Waals surface area (Å²) in [4.78, 5) is 5.03. The number of hydrogen-bond acceptors (Lipinski definition) is 4. The summed E-state index contributed by atoms with van der Waals surface area (Å²) in [5, 5.41) is 4.36. The van der Waals surface area contributed by atoms with Gasteiger partial charge in [0.2, 0.25) is 0 Å². The molecule has 0 N–H and O–H groups in total. The van der Waals surface area contributed by atoms with E-state index in [4.69, 9.17) is 8.83 Å². The highest BCUT2D eigenvalue weighted by Crippen LogP contribution is 2.66. The van der Waals surface area contributed by atoms with Gasteiger partial charge in [0, 0.05) is 44.0 Å². The maximum absolute atomic E-state index is 6.95. The third-order valence-corrected chi connectivity index (χ3v) is 18.7. The maximum Gasteiger partial charge on any atom is 0.143 e. The summed E-state index contributed by atoms with van der Waals surface area (Å²) in [6.45, 7) is 0. The number of fused-ring (bicyclic) bond motifs is 14. The lowest BCUT2D eigenvalue weighted by atomic mass is 9.59. The van der Waals surface area contributed by atoms with Crippen molar-refractivity contribution in [2.75, 3.05) is 9.80 Å². The largest absolute Gasteiger partial charge is 0.455 e. The molecule has 16 aromatic rings. The Balaban J connectivity index is 0.997. The Morgan fingerprint density at radius 1 is 0.213 bits per heavy atom. The summed E-state index contributed by atoms with van der Waals surface area (Å²) in [5.74, 6) is 0. The Morgan fingerprint density at radius 3 is 0.865 bits per heavy atom. The Bertz CT molecular complexity index is 5160. The molecule has 0 bridgehead atoms. The lowest BCUT2D eigenvalue weighted by Gasteiger charge is -2.52. The second kappa shape index (κ2) is 20.2. The molecule has 0 unspecified atom stereocenters. The van der Waals surface area contributed by atoms with E-state index in [2.05, 4.69) is 337 Å². The minimum Gasteiger partial charge on any atom is -0.455 e. The van der Waals surface area contributed by atoms with Crippen molar-refractivity contribution in [3.05, 3.63) is 350 Å². The molecule has 2 aliphatic rings. The van der Waals surface area contributed by atoms with Crippen molar-refractivity contribution < 1.29 is 8.83 Å². The van der Waals surface area contributed by atoms with Gasteiger partial charge >= 0.3 is 0 Å². The van der Waals surface area contributed by atoms with Crippen LogP contribution in [0.5, 0.6) is 0 Å². The average Bonchev–Trinajstić information content (AvgIpc) is 1.37. The van der Waals surface area contributed by atoms with Crippen LogP contribution in [0.25, 0.3) is 111 Å². The molecular weight excluding hydrogens is 1080 g/mol. The minimum atomic E-state index is -1.01. The van der Waals surface area contributed by atoms with Gasteiger partial charge < -0.3 is 18.6 Å². The van der Waals surface area contributed by atoms with Gasteiger partial charge in [-0.15, -0.1) is 0 Å². The van der Waals surface area contributed by atoms with Gasteiger partial charge in [-0.2, -0.15) is 0 Å². The molecule has 4 heteroatoms. The molecule has 0 saturated heterocycles. The Morgan fingerprint density at radius 2 is 0.494 bits per heavy atom. The third-order valence-electron chi connectivity index (χ3n) is 18.7. The fraction of sp³-hybridized carbons (Fsp3) is 0.0118. The Kier molecular flexibility index (Phi) is 11.5. The topological polar surface area (TPSA) is 32.8 Å². The fourth-order valence-electron chi connectivity index (χ4n) is 14.6. The number of para-hydroxylation sites is 4. The van der Waals surface area contributed by atoms with Gasteiger partial charge in [0.15, 0.2) is 0 Å². The SMILES string of the molecule is c1ccc(-c2ccc(N3c4ccc(-c5ccccc5)cc4C4(c5cc(-c6ccccc6)ccc53)c3cc(-c5cccc6c5oc5ccccc56)ccc3N(c3ccc(-c5ccccc5)cc3)c3ccc(-c5cccc6c5oc5ccccc56)cc34)cc2)cc1. The van der Waals surface area contributed by atoms with E-state index < -0.39 is 5.41 Å². The Hall–Kier alpha value is -11.7. The molecule has 0 amide bonds. The quantitative estimate of drug-likeness (QED) is 0.152. The zero-order valence-corrected chi connectivity index (χ0v) is 48.4. The fourth-order valence-corrected chi connectivity index (χ4v) is 14.6. The van der Waals surface area contributed by atoms with Gasteiger partial charge in [-0.1, -0.05) is 243 Å². The van der Waals surface area contributed by atoms with E-state index in [-0.39, 0.29) is 0 Å². The van der Waals surface area contributed by atoms with Crippen molar-refractivity contribution in [1.82, 2.24) is 0 Å². The van der Waals surface area contributed by atoms with Gasteiger partial charge in [0.05, 0.1) is 28.2 Å². The van der Waals surface area contributed by atoms with Crippen LogP contribution in [0.2, 0.25) is 0 Å². The van der Waals surface area contributed by atoms with Crippen LogP contribution in [0, 0.1) is 0 Å². The number of nitrogens with zero attached hydrogens (tertiary/aromatic N) is 2. The van der Waals surface area contributed by atoms with E-state index in [1.54, 1.807) is 0 Å². The smallest absolute Gasteiger partial charge is 0.143 e. The van der Waals surface area contributed by atoms with E-state index in [9.17, 15) is 0 Å². The molecule has 14 aromatic carbocycles. The van der Waals surface area contributed by atoms with Gasteiger partial charge in [-0.25, -0.2) is 0 Å². The first kappa shape index (κ1) is 50.6. The average molecular weight is 1140 g/mol. The summed E-state index contributed by atoms with van der Waals surface area (Å²) < 4.78 is 13.9. The number of anilines is 6. The lowest BCUT2D eigenvalue weighted by molar-refractivity contribution is 0.669.